The molecule has 1 saturated heterocycles. The van der Waals surface area contributed by atoms with Crippen molar-refractivity contribution >= 4 is 11.6 Å². The molecule has 16 heavy (non-hydrogen) atoms. The van der Waals surface area contributed by atoms with Gasteiger partial charge in [0.1, 0.15) is 11.6 Å². The molecule has 1 aromatic heterocycles. The summed E-state index contributed by atoms with van der Waals surface area (Å²) in [5.74, 6) is 1.99. The van der Waals surface area contributed by atoms with Gasteiger partial charge in [-0.2, -0.15) is 0 Å². The predicted molar refractivity (Wildman–Crippen MR) is 66.0 cm³/mol. The van der Waals surface area contributed by atoms with Crippen LogP contribution in [0.3, 0.4) is 0 Å². The fourth-order valence-electron chi connectivity index (χ4n) is 2.01. The van der Waals surface area contributed by atoms with E-state index >= 15 is 0 Å². The lowest BCUT2D eigenvalue weighted by atomic mass is 10.3. The van der Waals surface area contributed by atoms with Gasteiger partial charge in [-0.15, -0.1) is 0 Å². The van der Waals surface area contributed by atoms with E-state index in [-0.39, 0.29) is 0 Å². The molecular weight excluding hydrogens is 202 g/mol. The quantitative estimate of drug-likeness (QED) is 0.840. The second-order valence-corrected chi connectivity index (χ2v) is 4.00. The van der Waals surface area contributed by atoms with Gasteiger partial charge < -0.3 is 15.0 Å². The van der Waals surface area contributed by atoms with E-state index in [0.29, 0.717) is 6.10 Å². The second-order valence-electron chi connectivity index (χ2n) is 4.00. The smallest absolute Gasteiger partial charge is 0.131 e. The standard InChI is InChI=1S/C12H19N3O/c1-3-13-11-5-4-6-12(14-11)15-8-7-10(9-15)16-2/h4-6,10H,3,7-9H2,1-2H3,(H,13,14)/t10-/m1/s1. The Hall–Kier alpha value is -1.29. The lowest BCUT2D eigenvalue weighted by Gasteiger charge is -2.17. The Balaban J connectivity index is 2.06. The molecule has 0 radical (unpaired) electrons. The molecular formula is C12H19N3O. The number of hydrogen-bond acceptors (Lipinski definition) is 4. The number of aromatic nitrogens is 1. The lowest BCUT2D eigenvalue weighted by molar-refractivity contribution is 0.121. The molecule has 1 fully saturated rings. The third kappa shape index (κ3) is 2.44. The summed E-state index contributed by atoms with van der Waals surface area (Å²) in [6.45, 7) is 4.95. The average molecular weight is 221 g/mol. The van der Waals surface area contributed by atoms with E-state index in [1.165, 1.54) is 0 Å². The Bertz CT molecular complexity index is 343. The van der Waals surface area contributed by atoms with E-state index in [1.807, 2.05) is 12.1 Å². The Morgan fingerprint density at radius 1 is 1.56 bits per heavy atom. The van der Waals surface area contributed by atoms with Gasteiger partial charge in [0.2, 0.25) is 0 Å². The van der Waals surface area contributed by atoms with E-state index in [4.69, 9.17) is 4.74 Å². The van der Waals surface area contributed by atoms with Crippen molar-refractivity contribution in [1.82, 2.24) is 4.98 Å². The zero-order valence-electron chi connectivity index (χ0n) is 9.94. The summed E-state index contributed by atoms with van der Waals surface area (Å²) in [4.78, 5) is 6.85. The monoisotopic (exact) mass is 221 g/mol. The van der Waals surface area contributed by atoms with Crippen LogP contribution in [-0.2, 0) is 4.74 Å². The van der Waals surface area contributed by atoms with Crippen molar-refractivity contribution in [3.05, 3.63) is 18.2 Å². The van der Waals surface area contributed by atoms with Crippen LogP contribution in [0.2, 0.25) is 0 Å². The van der Waals surface area contributed by atoms with Gasteiger partial charge in [0.05, 0.1) is 6.10 Å². The first-order valence-corrected chi connectivity index (χ1v) is 5.82. The maximum Gasteiger partial charge on any atom is 0.131 e. The molecule has 4 nitrogen and oxygen atoms in total. The molecule has 0 aliphatic carbocycles. The normalized spacial score (nSPS) is 20.1. The minimum absolute atomic E-state index is 0.351. The van der Waals surface area contributed by atoms with Crippen molar-refractivity contribution in [1.29, 1.82) is 0 Å². The van der Waals surface area contributed by atoms with Gasteiger partial charge in [0.25, 0.3) is 0 Å². The van der Waals surface area contributed by atoms with Crippen LogP contribution in [0.15, 0.2) is 18.2 Å². The Labute approximate surface area is 96.6 Å². The fourth-order valence-corrected chi connectivity index (χ4v) is 2.01. The number of nitrogens with zero attached hydrogens (tertiary/aromatic N) is 2. The largest absolute Gasteiger partial charge is 0.380 e. The first-order chi connectivity index (χ1) is 7.83. The number of hydrogen-bond donors (Lipinski definition) is 1. The molecule has 2 rings (SSSR count). The van der Waals surface area contributed by atoms with E-state index in [9.17, 15) is 0 Å². The number of anilines is 2. The molecule has 1 N–H and O–H groups in total. The Kier molecular flexibility index (Phi) is 3.62. The van der Waals surface area contributed by atoms with Gasteiger partial charge in [-0.3, -0.25) is 0 Å². The van der Waals surface area contributed by atoms with Crippen LogP contribution in [0.5, 0.6) is 0 Å². The molecule has 0 saturated carbocycles. The first-order valence-electron chi connectivity index (χ1n) is 5.82. The molecule has 1 aliphatic rings. The van der Waals surface area contributed by atoms with Crippen molar-refractivity contribution in [2.24, 2.45) is 0 Å². The van der Waals surface area contributed by atoms with Crippen molar-refractivity contribution in [2.45, 2.75) is 19.4 Å². The average Bonchev–Trinajstić information content (AvgIpc) is 2.78. The lowest BCUT2D eigenvalue weighted by Crippen LogP contribution is -2.23. The third-order valence-corrected chi connectivity index (χ3v) is 2.89. The highest BCUT2D eigenvalue weighted by atomic mass is 16.5. The Morgan fingerprint density at radius 2 is 2.44 bits per heavy atom. The second kappa shape index (κ2) is 5.16. The summed E-state index contributed by atoms with van der Waals surface area (Å²) in [6.07, 6.45) is 1.44. The molecule has 1 atom stereocenters. The van der Waals surface area contributed by atoms with Gasteiger partial charge >= 0.3 is 0 Å². The zero-order valence-corrected chi connectivity index (χ0v) is 9.94. The van der Waals surface area contributed by atoms with Crippen LogP contribution >= 0.6 is 0 Å². The van der Waals surface area contributed by atoms with Gasteiger partial charge in [-0.25, -0.2) is 4.98 Å². The SMILES string of the molecule is CCNc1cccc(N2CC[C@@H](OC)C2)n1. The number of methoxy groups -OCH3 is 1. The molecule has 0 amide bonds. The molecule has 2 heterocycles. The number of pyridine rings is 1. The van der Waals surface area contributed by atoms with Crippen molar-refractivity contribution in [2.75, 3.05) is 37.0 Å². The maximum atomic E-state index is 5.36. The molecule has 0 aromatic carbocycles. The van der Waals surface area contributed by atoms with Gasteiger partial charge in [0.15, 0.2) is 0 Å². The van der Waals surface area contributed by atoms with Crippen molar-refractivity contribution in [3.8, 4) is 0 Å². The molecule has 0 spiro atoms. The van der Waals surface area contributed by atoms with Crippen LogP contribution in [-0.4, -0.2) is 37.8 Å². The maximum absolute atomic E-state index is 5.36. The molecule has 4 heteroatoms. The topological polar surface area (TPSA) is 37.4 Å². The van der Waals surface area contributed by atoms with Crippen LogP contribution in [0, 0.1) is 0 Å². The number of rotatable bonds is 4. The number of nitrogens with one attached hydrogen (secondary N) is 1. The minimum Gasteiger partial charge on any atom is -0.380 e. The Morgan fingerprint density at radius 3 is 3.12 bits per heavy atom. The summed E-state index contributed by atoms with van der Waals surface area (Å²) in [5, 5.41) is 3.23. The van der Waals surface area contributed by atoms with Crippen LogP contribution < -0.4 is 10.2 Å². The van der Waals surface area contributed by atoms with Crippen molar-refractivity contribution in [3.63, 3.8) is 0 Å². The first kappa shape index (κ1) is 11.2. The van der Waals surface area contributed by atoms with Crippen molar-refractivity contribution < 1.29 is 4.74 Å². The van der Waals surface area contributed by atoms with Gasteiger partial charge in [-0.05, 0) is 25.5 Å². The van der Waals surface area contributed by atoms with Crippen LogP contribution in [0.1, 0.15) is 13.3 Å². The van der Waals surface area contributed by atoms with E-state index in [0.717, 1.165) is 37.7 Å². The van der Waals surface area contributed by atoms with Crippen LogP contribution in [0.4, 0.5) is 11.6 Å². The molecule has 0 unspecified atom stereocenters. The zero-order chi connectivity index (χ0) is 11.4. The summed E-state index contributed by atoms with van der Waals surface area (Å²) in [7, 11) is 1.77. The van der Waals surface area contributed by atoms with Gasteiger partial charge in [-0.1, -0.05) is 6.07 Å². The van der Waals surface area contributed by atoms with Gasteiger partial charge in [0, 0.05) is 26.7 Å². The fraction of sp³-hybridized carbons (Fsp3) is 0.583. The minimum atomic E-state index is 0.351. The summed E-state index contributed by atoms with van der Waals surface area (Å²) >= 11 is 0. The summed E-state index contributed by atoms with van der Waals surface area (Å²) in [5.41, 5.74) is 0. The molecule has 88 valence electrons. The molecule has 1 aromatic rings. The highest BCUT2D eigenvalue weighted by molar-refractivity contribution is 5.47. The molecule has 0 bridgehead atoms. The predicted octanol–water partition coefficient (Wildman–Crippen LogP) is 1.74. The van der Waals surface area contributed by atoms with E-state index < -0.39 is 0 Å². The summed E-state index contributed by atoms with van der Waals surface area (Å²) < 4.78 is 5.36. The van der Waals surface area contributed by atoms with E-state index in [2.05, 4.69) is 28.2 Å². The number of ether oxygens (including phenoxy) is 1. The molecule has 1 aliphatic heterocycles. The highest BCUT2D eigenvalue weighted by Crippen LogP contribution is 2.20. The van der Waals surface area contributed by atoms with E-state index in [1.54, 1.807) is 7.11 Å². The summed E-state index contributed by atoms with van der Waals surface area (Å²) in [6, 6.07) is 6.09. The van der Waals surface area contributed by atoms with Crippen LogP contribution in [0.25, 0.3) is 0 Å². The highest BCUT2D eigenvalue weighted by Gasteiger charge is 2.22. The third-order valence-electron chi connectivity index (χ3n) is 2.89.